The molecule has 2 N–H and O–H groups in total. The molecule has 3 atom stereocenters. The van der Waals surface area contributed by atoms with Crippen molar-refractivity contribution in [2.75, 3.05) is 4.90 Å². The van der Waals surface area contributed by atoms with Crippen LogP contribution in [0.4, 0.5) is 5.69 Å². The lowest BCUT2D eigenvalue weighted by Crippen LogP contribution is -2.31. The maximum Gasteiger partial charge on any atom is 0.307 e. The quantitative estimate of drug-likeness (QED) is 0.632. The summed E-state index contributed by atoms with van der Waals surface area (Å²) >= 11 is 0. The second-order valence-corrected chi connectivity index (χ2v) is 9.62. The van der Waals surface area contributed by atoms with Gasteiger partial charge in [-0.15, -0.1) is 0 Å². The van der Waals surface area contributed by atoms with Gasteiger partial charge in [0.05, 0.1) is 18.3 Å². The normalized spacial score (nSPS) is 24.7. The minimum atomic E-state index is -0.896. The third-order valence-electron chi connectivity index (χ3n) is 6.93. The van der Waals surface area contributed by atoms with Crippen LogP contribution in [0.5, 0.6) is 0 Å². The summed E-state index contributed by atoms with van der Waals surface area (Å²) in [4.78, 5) is 26.5. The lowest BCUT2D eigenvalue weighted by molar-refractivity contribution is -0.136. The van der Waals surface area contributed by atoms with Crippen LogP contribution < -0.4 is 4.90 Å². The molecule has 1 aliphatic heterocycles. The van der Waals surface area contributed by atoms with Crippen molar-refractivity contribution in [3.05, 3.63) is 71.7 Å². The molecule has 0 radical (unpaired) electrons. The fourth-order valence-electron chi connectivity index (χ4n) is 5.00. The Morgan fingerprint density at radius 2 is 1.76 bits per heavy atom. The Hall–Kier alpha value is -3.06. The Morgan fingerprint density at radius 1 is 1.00 bits per heavy atom. The lowest BCUT2D eigenvalue weighted by atomic mass is 9.97. The van der Waals surface area contributed by atoms with Crippen LogP contribution in [0.25, 0.3) is 0 Å². The van der Waals surface area contributed by atoms with Crippen LogP contribution in [-0.4, -0.2) is 37.4 Å². The van der Waals surface area contributed by atoms with Crippen LogP contribution >= 0.6 is 0 Å². The number of aromatic nitrogens is 3. The first-order valence-electron chi connectivity index (χ1n) is 11.9. The molecule has 1 unspecified atom stereocenters. The summed E-state index contributed by atoms with van der Waals surface area (Å²) in [5.74, 6) is 2.02. The summed E-state index contributed by atoms with van der Waals surface area (Å²) < 4.78 is 0. The van der Waals surface area contributed by atoms with E-state index in [1.807, 2.05) is 24.5 Å². The molecule has 0 spiro atoms. The Kier molecular flexibility index (Phi) is 6.22. The summed E-state index contributed by atoms with van der Waals surface area (Å²) in [6, 6.07) is 3.96. The molecule has 7 heteroatoms. The van der Waals surface area contributed by atoms with Crippen LogP contribution in [0, 0.1) is 11.8 Å². The number of nitrogens with zero attached hydrogens (tertiary/aromatic N) is 4. The van der Waals surface area contributed by atoms with E-state index in [9.17, 15) is 9.90 Å². The molecule has 33 heavy (non-hydrogen) atoms. The van der Waals surface area contributed by atoms with Gasteiger partial charge in [0.15, 0.2) is 0 Å². The lowest BCUT2D eigenvalue weighted by Gasteiger charge is -2.28. The van der Waals surface area contributed by atoms with Crippen LogP contribution in [0.2, 0.25) is 0 Å². The highest BCUT2D eigenvalue weighted by Crippen LogP contribution is 2.39. The van der Waals surface area contributed by atoms with Crippen molar-refractivity contribution in [3.8, 4) is 0 Å². The predicted octanol–water partition coefficient (Wildman–Crippen LogP) is 4.00. The van der Waals surface area contributed by atoms with Gasteiger partial charge in [-0.2, -0.15) is 0 Å². The monoisotopic (exact) mass is 446 g/mol. The zero-order chi connectivity index (χ0) is 22.8. The highest BCUT2D eigenvalue weighted by atomic mass is 16.4. The number of aliphatic hydroxyl groups is 1. The molecule has 2 aliphatic carbocycles. The number of carboxylic acid groups (broad SMARTS) is 1. The van der Waals surface area contributed by atoms with Crippen LogP contribution in [0.1, 0.15) is 61.5 Å². The van der Waals surface area contributed by atoms with Gasteiger partial charge in [0.1, 0.15) is 12.1 Å². The predicted molar refractivity (Wildman–Crippen MR) is 124 cm³/mol. The largest absolute Gasteiger partial charge is 0.481 e. The average Bonchev–Trinajstić information content (AvgIpc) is 3.57. The number of carbonyl (C=O) groups is 1. The molecule has 0 amide bonds. The smallest absolute Gasteiger partial charge is 0.307 e. The van der Waals surface area contributed by atoms with Gasteiger partial charge in [0, 0.05) is 30.7 Å². The van der Waals surface area contributed by atoms with Crippen molar-refractivity contribution in [2.45, 2.75) is 63.5 Å². The molecule has 0 bridgehead atoms. The molecule has 2 saturated carbocycles. The molecule has 172 valence electrons. The highest BCUT2D eigenvalue weighted by Gasteiger charge is 2.27. The maximum absolute atomic E-state index is 11.0. The third-order valence-corrected chi connectivity index (χ3v) is 6.93. The zero-order valence-electron chi connectivity index (χ0n) is 18.7. The van der Waals surface area contributed by atoms with Crippen molar-refractivity contribution in [1.82, 2.24) is 15.0 Å². The Labute approximate surface area is 193 Å². The number of aliphatic carboxylic acids is 1. The summed E-state index contributed by atoms with van der Waals surface area (Å²) in [5.41, 5.74) is 3.72. The first-order valence-corrected chi connectivity index (χ1v) is 11.9. The fraction of sp³-hybridized carbons (Fsp3) is 0.462. The topological polar surface area (TPSA) is 99.4 Å². The summed E-state index contributed by atoms with van der Waals surface area (Å²) in [6.45, 7) is 0. The second-order valence-electron chi connectivity index (χ2n) is 9.62. The fourth-order valence-corrected chi connectivity index (χ4v) is 5.00. The van der Waals surface area contributed by atoms with Gasteiger partial charge < -0.3 is 15.1 Å². The molecule has 5 rings (SSSR count). The van der Waals surface area contributed by atoms with Crippen molar-refractivity contribution in [1.29, 1.82) is 0 Å². The molecule has 2 aromatic rings. The van der Waals surface area contributed by atoms with Gasteiger partial charge in [-0.1, -0.05) is 6.08 Å². The van der Waals surface area contributed by atoms with E-state index in [0.717, 1.165) is 30.0 Å². The Morgan fingerprint density at radius 3 is 2.42 bits per heavy atom. The maximum atomic E-state index is 11.0. The average molecular weight is 447 g/mol. The van der Waals surface area contributed by atoms with Crippen LogP contribution in [-0.2, 0) is 17.6 Å². The van der Waals surface area contributed by atoms with Gasteiger partial charge in [-0.25, -0.2) is 9.97 Å². The van der Waals surface area contributed by atoms with E-state index >= 15 is 0 Å². The number of carboxylic acids is 1. The zero-order valence-corrected chi connectivity index (χ0v) is 18.7. The summed E-state index contributed by atoms with van der Waals surface area (Å²) in [7, 11) is 0. The Bertz CT molecular complexity index is 1040. The number of anilines is 1. The Balaban J connectivity index is 1.15. The SMILES string of the molecule is O=C(O)CC1=CN(c2ccc(C[C@H]3CC[C@H](Cc4ncc(C5CC5)cn4)C3)nc2)C(O)C=C1. The number of hydrogen-bond acceptors (Lipinski definition) is 6. The highest BCUT2D eigenvalue weighted by molar-refractivity contribution is 5.71. The van der Waals surface area contributed by atoms with E-state index < -0.39 is 12.2 Å². The van der Waals surface area contributed by atoms with Crippen LogP contribution in [0.3, 0.4) is 0 Å². The van der Waals surface area contributed by atoms with Crippen molar-refractivity contribution in [3.63, 3.8) is 0 Å². The molecular weight excluding hydrogens is 416 g/mol. The van der Waals surface area contributed by atoms with E-state index in [0.29, 0.717) is 23.3 Å². The number of hydrogen-bond donors (Lipinski definition) is 2. The van der Waals surface area contributed by atoms with Gasteiger partial charge in [-0.3, -0.25) is 9.78 Å². The molecule has 0 aromatic carbocycles. The van der Waals surface area contributed by atoms with E-state index in [-0.39, 0.29) is 6.42 Å². The van der Waals surface area contributed by atoms with E-state index in [2.05, 4.69) is 15.0 Å². The van der Waals surface area contributed by atoms with E-state index in [1.165, 1.54) is 37.7 Å². The first-order chi connectivity index (χ1) is 16.0. The van der Waals surface area contributed by atoms with Crippen molar-refractivity contribution >= 4 is 11.7 Å². The minimum Gasteiger partial charge on any atom is -0.481 e. The van der Waals surface area contributed by atoms with Gasteiger partial charge in [0.25, 0.3) is 0 Å². The number of rotatable bonds is 8. The first kappa shape index (κ1) is 21.8. The molecule has 2 aromatic heterocycles. The minimum absolute atomic E-state index is 0.0796. The molecule has 7 nitrogen and oxygen atoms in total. The van der Waals surface area contributed by atoms with Gasteiger partial charge >= 0.3 is 5.97 Å². The van der Waals surface area contributed by atoms with E-state index in [1.54, 1.807) is 29.4 Å². The summed E-state index contributed by atoms with van der Waals surface area (Å²) in [6.07, 6.45) is 17.9. The number of aliphatic hydroxyl groups excluding tert-OH is 1. The summed E-state index contributed by atoms with van der Waals surface area (Å²) in [5, 5.41) is 19.3. The molecule has 3 aliphatic rings. The molecular formula is C26H30N4O3. The van der Waals surface area contributed by atoms with Crippen molar-refractivity contribution in [2.24, 2.45) is 11.8 Å². The standard InChI is InChI=1S/C26H30N4O3/c31-25-8-3-19(12-26(32)33)16-30(25)23-7-6-22(27-15-23)10-17-1-2-18(9-17)11-24-28-13-21(14-29-24)20-4-5-20/h3,6-8,13-18,20,25,31H,1-2,4-5,9-12H2,(H,32,33)/t17-,18-,25?/m0/s1. The molecule has 3 heterocycles. The second kappa shape index (κ2) is 9.43. The number of pyridine rings is 1. The molecule has 0 saturated heterocycles. The van der Waals surface area contributed by atoms with E-state index in [4.69, 9.17) is 5.11 Å². The van der Waals surface area contributed by atoms with Gasteiger partial charge in [0.2, 0.25) is 0 Å². The van der Waals surface area contributed by atoms with Gasteiger partial charge in [-0.05, 0) is 85.6 Å². The molecule has 2 fully saturated rings. The third kappa shape index (κ3) is 5.47. The number of allylic oxidation sites excluding steroid dienone is 1. The van der Waals surface area contributed by atoms with Crippen molar-refractivity contribution < 1.29 is 15.0 Å². The van der Waals surface area contributed by atoms with Crippen LogP contribution in [0.15, 0.2) is 54.6 Å².